The fourth-order valence-electron chi connectivity index (χ4n) is 2.94. The molecule has 0 saturated carbocycles. The lowest BCUT2D eigenvalue weighted by molar-refractivity contribution is -0.136. The van der Waals surface area contributed by atoms with Gasteiger partial charge in [-0.2, -0.15) is 0 Å². The highest BCUT2D eigenvalue weighted by molar-refractivity contribution is 6.32. The van der Waals surface area contributed by atoms with E-state index in [1.165, 1.54) is 24.3 Å². The minimum Gasteiger partial charge on any atom is -0.454 e. The fourth-order valence-corrected chi connectivity index (χ4v) is 3.17. The molecule has 0 N–H and O–H groups in total. The fraction of sp³-hybridized carbons (Fsp3) is 0.190. The van der Waals surface area contributed by atoms with Gasteiger partial charge < -0.3 is 9.26 Å². The smallest absolute Gasteiger partial charge is 0.331 e. The number of nitrogens with zero attached hydrogens (tertiary/aromatic N) is 2. The van der Waals surface area contributed by atoms with Crippen LogP contribution in [0, 0.1) is 26.6 Å². The average Bonchev–Trinajstić information content (AvgIpc) is 3.21. The summed E-state index contributed by atoms with van der Waals surface area (Å²) in [6.45, 7) is 4.93. The van der Waals surface area contributed by atoms with Crippen molar-refractivity contribution in [1.82, 2.24) is 9.72 Å². The molecule has 6 nitrogen and oxygen atoms in total. The molecule has 0 aliphatic carbocycles. The van der Waals surface area contributed by atoms with Gasteiger partial charge in [0.15, 0.2) is 12.4 Å². The number of ether oxygens (including phenoxy) is 1. The first-order valence-corrected chi connectivity index (χ1v) is 9.10. The predicted molar refractivity (Wildman–Crippen MR) is 106 cm³/mol. The first-order chi connectivity index (χ1) is 13.8. The molecule has 3 rings (SSSR count). The van der Waals surface area contributed by atoms with E-state index in [0.717, 1.165) is 11.8 Å². The van der Waals surface area contributed by atoms with Crippen LogP contribution in [0.5, 0.6) is 0 Å². The van der Waals surface area contributed by atoms with E-state index in [1.54, 1.807) is 30.5 Å². The molecule has 150 valence electrons. The summed E-state index contributed by atoms with van der Waals surface area (Å²) in [6, 6.07) is 7.65. The monoisotopic (exact) mass is 416 g/mol. The first-order valence-electron chi connectivity index (χ1n) is 8.72. The quantitative estimate of drug-likeness (QED) is 0.333. The Kier molecular flexibility index (Phi) is 5.98. The molecule has 3 aromatic rings. The van der Waals surface area contributed by atoms with Crippen molar-refractivity contribution in [2.45, 2.75) is 20.8 Å². The predicted octanol–water partition coefficient (Wildman–Crippen LogP) is 4.62. The topological polar surface area (TPSA) is 74.3 Å². The van der Waals surface area contributed by atoms with Crippen molar-refractivity contribution in [2.24, 2.45) is 0 Å². The second-order valence-electron chi connectivity index (χ2n) is 6.42. The molecular formula is C21H18ClFN2O4. The number of halogens is 2. The maximum Gasteiger partial charge on any atom is 0.331 e. The zero-order valence-electron chi connectivity index (χ0n) is 16.0. The normalized spacial score (nSPS) is 11.2. The van der Waals surface area contributed by atoms with Gasteiger partial charge in [0.1, 0.15) is 11.6 Å². The van der Waals surface area contributed by atoms with E-state index in [9.17, 15) is 14.0 Å². The van der Waals surface area contributed by atoms with E-state index in [1.807, 2.05) is 6.92 Å². The molecule has 0 aliphatic heterocycles. The number of aryl methyl sites for hydroxylation is 2. The maximum atomic E-state index is 13.7. The van der Waals surface area contributed by atoms with Crippen LogP contribution in [0.25, 0.3) is 11.9 Å². The van der Waals surface area contributed by atoms with Gasteiger partial charge in [0.25, 0.3) is 0 Å². The molecule has 0 radical (unpaired) electrons. The highest BCUT2D eigenvalue weighted by Crippen LogP contribution is 2.22. The van der Waals surface area contributed by atoms with Crippen LogP contribution in [0.1, 0.15) is 33.1 Å². The molecule has 0 amide bonds. The highest BCUT2D eigenvalue weighted by Gasteiger charge is 2.19. The van der Waals surface area contributed by atoms with Gasteiger partial charge in [-0.15, -0.1) is 0 Å². The Morgan fingerprint density at radius 3 is 2.69 bits per heavy atom. The molecule has 0 spiro atoms. The van der Waals surface area contributed by atoms with Gasteiger partial charge >= 0.3 is 5.97 Å². The van der Waals surface area contributed by atoms with E-state index in [2.05, 4.69) is 5.16 Å². The first kappa shape index (κ1) is 20.5. The van der Waals surface area contributed by atoms with Crippen molar-refractivity contribution >= 4 is 29.4 Å². The van der Waals surface area contributed by atoms with E-state index in [0.29, 0.717) is 22.8 Å². The lowest BCUT2D eigenvalue weighted by Gasteiger charge is -2.05. The Labute approximate surface area is 171 Å². The maximum absolute atomic E-state index is 13.7. The summed E-state index contributed by atoms with van der Waals surface area (Å²) in [7, 11) is 0. The van der Waals surface area contributed by atoms with Crippen LogP contribution in [0.2, 0.25) is 5.02 Å². The number of aromatic nitrogens is 2. The number of ketones is 1. The SMILES string of the molecule is Cc1cc(-n2c(C)cc(C(=O)COC(=O)C=Cc3c(F)cccc3Cl)c2C)no1. The second kappa shape index (κ2) is 8.45. The molecule has 1 aromatic carbocycles. The zero-order chi connectivity index (χ0) is 21.1. The van der Waals surface area contributed by atoms with E-state index < -0.39 is 18.4 Å². The van der Waals surface area contributed by atoms with Crippen LogP contribution in [0.15, 0.2) is 40.9 Å². The van der Waals surface area contributed by atoms with Gasteiger partial charge in [0, 0.05) is 34.7 Å². The number of esters is 1. The lowest BCUT2D eigenvalue weighted by atomic mass is 10.1. The third kappa shape index (κ3) is 4.46. The summed E-state index contributed by atoms with van der Waals surface area (Å²) in [5.41, 5.74) is 1.94. The van der Waals surface area contributed by atoms with Crippen LogP contribution in [0.3, 0.4) is 0 Å². The Hall–Kier alpha value is -3.19. The molecule has 2 aromatic heterocycles. The zero-order valence-corrected chi connectivity index (χ0v) is 16.8. The largest absolute Gasteiger partial charge is 0.454 e. The van der Waals surface area contributed by atoms with E-state index >= 15 is 0 Å². The second-order valence-corrected chi connectivity index (χ2v) is 6.82. The molecule has 0 bridgehead atoms. The molecular weight excluding hydrogens is 399 g/mol. The number of hydrogen-bond donors (Lipinski definition) is 0. The minimum absolute atomic E-state index is 0.0731. The van der Waals surface area contributed by atoms with Crippen molar-refractivity contribution in [1.29, 1.82) is 0 Å². The standard InChI is InChI=1S/C21H18ClFN2O4/c1-12-9-16(14(3)25(12)20-10-13(2)29-24-20)19(26)11-28-21(27)8-7-15-17(22)5-4-6-18(15)23/h4-10H,11H2,1-3H3. The lowest BCUT2D eigenvalue weighted by Crippen LogP contribution is -2.13. The minimum atomic E-state index is -0.779. The number of rotatable bonds is 6. The Bertz CT molecular complexity index is 1090. The van der Waals surface area contributed by atoms with Crippen molar-refractivity contribution in [3.05, 3.63) is 75.5 Å². The van der Waals surface area contributed by atoms with Crippen LogP contribution < -0.4 is 0 Å². The Morgan fingerprint density at radius 1 is 1.28 bits per heavy atom. The molecule has 0 atom stereocenters. The molecule has 0 unspecified atom stereocenters. The van der Waals surface area contributed by atoms with Crippen molar-refractivity contribution in [3.63, 3.8) is 0 Å². The van der Waals surface area contributed by atoms with Crippen LogP contribution in [-0.4, -0.2) is 28.1 Å². The summed E-state index contributed by atoms with van der Waals surface area (Å²) in [4.78, 5) is 24.4. The number of hydrogen-bond acceptors (Lipinski definition) is 5. The third-order valence-electron chi connectivity index (χ3n) is 4.31. The van der Waals surface area contributed by atoms with Gasteiger partial charge in [-0.25, -0.2) is 9.18 Å². The number of carbonyl (C=O) groups is 2. The summed E-state index contributed by atoms with van der Waals surface area (Å²) in [5.74, 6) is -0.490. The van der Waals surface area contributed by atoms with Crippen LogP contribution in [-0.2, 0) is 9.53 Å². The summed E-state index contributed by atoms with van der Waals surface area (Å²) in [6.07, 6.45) is 2.24. The van der Waals surface area contributed by atoms with Gasteiger partial charge in [-0.1, -0.05) is 22.8 Å². The van der Waals surface area contributed by atoms with Crippen molar-refractivity contribution in [2.75, 3.05) is 6.61 Å². The molecule has 0 saturated heterocycles. The molecule has 0 fully saturated rings. The summed E-state index contributed by atoms with van der Waals surface area (Å²) < 4.78 is 25.6. The van der Waals surface area contributed by atoms with Crippen LogP contribution >= 0.6 is 11.6 Å². The Morgan fingerprint density at radius 2 is 2.03 bits per heavy atom. The third-order valence-corrected chi connectivity index (χ3v) is 4.64. The van der Waals surface area contributed by atoms with Gasteiger partial charge in [-0.05, 0) is 45.0 Å². The average molecular weight is 417 g/mol. The number of Topliss-reactive ketones (excluding diaryl/α,β-unsaturated/α-hetero) is 1. The van der Waals surface area contributed by atoms with Gasteiger partial charge in [0.2, 0.25) is 5.78 Å². The highest BCUT2D eigenvalue weighted by atomic mass is 35.5. The van der Waals surface area contributed by atoms with E-state index in [-0.39, 0.29) is 16.4 Å². The van der Waals surface area contributed by atoms with Gasteiger partial charge in [-0.3, -0.25) is 9.36 Å². The molecule has 2 heterocycles. The van der Waals surface area contributed by atoms with E-state index in [4.69, 9.17) is 20.9 Å². The van der Waals surface area contributed by atoms with Crippen molar-refractivity contribution < 1.29 is 23.2 Å². The Balaban J connectivity index is 1.68. The number of carbonyl (C=O) groups excluding carboxylic acids is 2. The van der Waals surface area contributed by atoms with Gasteiger partial charge in [0.05, 0.1) is 5.02 Å². The van der Waals surface area contributed by atoms with Crippen molar-refractivity contribution in [3.8, 4) is 5.82 Å². The van der Waals surface area contributed by atoms with Crippen LogP contribution in [0.4, 0.5) is 4.39 Å². The summed E-state index contributed by atoms with van der Waals surface area (Å²) >= 11 is 5.90. The summed E-state index contributed by atoms with van der Waals surface area (Å²) in [5, 5.41) is 4.13. The molecule has 29 heavy (non-hydrogen) atoms. The molecule has 0 aliphatic rings. The number of benzene rings is 1. The molecule has 8 heteroatoms.